The third-order valence-corrected chi connectivity index (χ3v) is 5.08. The molecule has 1 aliphatic heterocycles. The minimum atomic E-state index is -0.960. The number of para-hydroxylation sites is 3. The average Bonchev–Trinajstić information content (AvgIpc) is 2.69. The van der Waals surface area contributed by atoms with Crippen molar-refractivity contribution < 1.29 is 14.6 Å². The van der Waals surface area contributed by atoms with Gasteiger partial charge in [0.1, 0.15) is 5.75 Å². The second-order valence-electron chi connectivity index (χ2n) is 6.72. The lowest BCUT2D eigenvalue weighted by atomic mass is 10.1. The van der Waals surface area contributed by atoms with Crippen molar-refractivity contribution in [3.63, 3.8) is 0 Å². The molecule has 1 heterocycles. The van der Waals surface area contributed by atoms with E-state index in [1.165, 1.54) is 16.2 Å². The molecule has 0 unspecified atom stereocenters. The molecule has 1 aliphatic rings. The van der Waals surface area contributed by atoms with Crippen LogP contribution in [0, 0.1) is 6.92 Å². The van der Waals surface area contributed by atoms with Gasteiger partial charge in [-0.25, -0.2) is 4.79 Å². The minimum Gasteiger partial charge on any atom is -0.495 e. The van der Waals surface area contributed by atoms with Crippen molar-refractivity contribution in [2.45, 2.75) is 6.92 Å². The molecule has 0 atom stereocenters. The summed E-state index contributed by atoms with van der Waals surface area (Å²) in [5, 5.41) is 9.64. The molecule has 0 saturated carbocycles. The summed E-state index contributed by atoms with van der Waals surface area (Å²) in [5.74, 6) is 0.573. The lowest BCUT2D eigenvalue weighted by Crippen LogP contribution is -2.49. The molecule has 0 bridgehead atoms. The van der Waals surface area contributed by atoms with E-state index in [2.05, 4.69) is 41.0 Å². The van der Waals surface area contributed by atoms with Crippen LogP contribution in [0.15, 0.2) is 48.5 Å². The first-order valence-electron chi connectivity index (χ1n) is 9.26. The number of ether oxygens (including phenoxy) is 1. The van der Waals surface area contributed by atoms with Gasteiger partial charge in [-0.1, -0.05) is 30.3 Å². The molecule has 144 valence electrons. The van der Waals surface area contributed by atoms with Crippen molar-refractivity contribution in [1.82, 2.24) is 4.90 Å². The van der Waals surface area contributed by atoms with E-state index in [-0.39, 0.29) is 0 Å². The summed E-state index contributed by atoms with van der Waals surface area (Å²) in [5.41, 5.74) is 3.17. The molecule has 0 aliphatic carbocycles. The average molecular weight is 369 g/mol. The number of aryl methyl sites for hydroxylation is 1. The van der Waals surface area contributed by atoms with Crippen molar-refractivity contribution >= 4 is 17.5 Å². The number of amides is 1. The Labute approximate surface area is 160 Å². The van der Waals surface area contributed by atoms with Crippen LogP contribution < -0.4 is 14.5 Å². The molecule has 27 heavy (non-hydrogen) atoms. The molecule has 6 nitrogen and oxygen atoms in total. The van der Waals surface area contributed by atoms with Gasteiger partial charge in [0.25, 0.3) is 0 Å². The molecule has 1 N–H and O–H groups in total. The van der Waals surface area contributed by atoms with Crippen LogP contribution in [-0.2, 0) is 0 Å². The van der Waals surface area contributed by atoms with Gasteiger partial charge in [0.05, 0.1) is 12.8 Å². The van der Waals surface area contributed by atoms with Crippen LogP contribution in [0.3, 0.4) is 0 Å². The lowest BCUT2D eigenvalue weighted by molar-refractivity contribution is 0.198. The number of piperazine rings is 1. The number of carboxylic acid groups (broad SMARTS) is 1. The molecule has 0 radical (unpaired) electrons. The topological polar surface area (TPSA) is 56.2 Å². The van der Waals surface area contributed by atoms with Crippen LogP contribution >= 0.6 is 0 Å². The number of carbonyl (C=O) groups is 1. The van der Waals surface area contributed by atoms with Crippen molar-refractivity contribution in [2.75, 3.05) is 56.2 Å². The zero-order chi connectivity index (χ0) is 19.2. The standard InChI is InChI=1S/C21H27N3O3/c1-17-7-3-4-8-18(17)23-14-11-22(12-15-23)13-16-24(21(25)26)19-9-5-6-10-20(19)27-2/h3-10H,11-16H2,1-2H3,(H,25,26). The third-order valence-electron chi connectivity index (χ3n) is 5.08. The van der Waals surface area contributed by atoms with Gasteiger partial charge < -0.3 is 14.7 Å². The second-order valence-corrected chi connectivity index (χ2v) is 6.72. The molecule has 1 amide bonds. The fraction of sp³-hybridized carbons (Fsp3) is 0.381. The quantitative estimate of drug-likeness (QED) is 0.847. The normalized spacial score (nSPS) is 14.8. The van der Waals surface area contributed by atoms with E-state index in [0.29, 0.717) is 24.5 Å². The van der Waals surface area contributed by atoms with Crippen molar-refractivity contribution in [3.8, 4) is 5.75 Å². The van der Waals surface area contributed by atoms with Gasteiger partial charge in [0.15, 0.2) is 0 Å². The van der Waals surface area contributed by atoms with Gasteiger partial charge in [0.2, 0.25) is 0 Å². The summed E-state index contributed by atoms with van der Waals surface area (Å²) in [6, 6.07) is 15.7. The summed E-state index contributed by atoms with van der Waals surface area (Å²) in [6.07, 6.45) is -0.960. The fourth-order valence-electron chi connectivity index (χ4n) is 3.54. The third kappa shape index (κ3) is 4.52. The van der Waals surface area contributed by atoms with Crippen molar-refractivity contribution in [2.24, 2.45) is 0 Å². The zero-order valence-electron chi connectivity index (χ0n) is 16.0. The van der Waals surface area contributed by atoms with Gasteiger partial charge >= 0.3 is 6.09 Å². The van der Waals surface area contributed by atoms with Crippen LogP contribution in [0.4, 0.5) is 16.2 Å². The summed E-state index contributed by atoms with van der Waals surface area (Å²) in [4.78, 5) is 17.8. The molecule has 2 aromatic rings. The maximum Gasteiger partial charge on any atom is 0.411 e. The number of benzene rings is 2. The number of hydrogen-bond acceptors (Lipinski definition) is 4. The van der Waals surface area contributed by atoms with Crippen LogP contribution in [0.5, 0.6) is 5.75 Å². The van der Waals surface area contributed by atoms with Crippen LogP contribution in [0.2, 0.25) is 0 Å². The summed E-state index contributed by atoms with van der Waals surface area (Å²) >= 11 is 0. The van der Waals surface area contributed by atoms with Crippen molar-refractivity contribution in [1.29, 1.82) is 0 Å². The first-order valence-corrected chi connectivity index (χ1v) is 9.26. The number of methoxy groups -OCH3 is 1. The Kier molecular flexibility index (Phi) is 6.19. The van der Waals surface area contributed by atoms with E-state index in [0.717, 1.165) is 26.2 Å². The predicted octanol–water partition coefficient (Wildman–Crippen LogP) is 3.31. The first-order chi connectivity index (χ1) is 13.1. The second kappa shape index (κ2) is 8.77. The largest absolute Gasteiger partial charge is 0.495 e. The zero-order valence-corrected chi connectivity index (χ0v) is 16.0. The summed E-state index contributed by atoms with van der Waals surface area (Å²) < 4.78 is 5.32. The molecule has 1 saturated heterocycles. The Morgan fingerprint density at radius 1 is 1.07 bits per heavy atom. The number of rotatable bonds is 6. The Bertz CT molecular complexity index is 773. The molecule has 1 fully saturated rings. The van der Waals surface area contributed by atoms with Crippen LogP contribution in [-0.4, -0.2) is 62.5 Å². The highest BCUT2D eigenvalue weighted by Gasteiger charge is 2.22. The molecule has 0 aromatic heterocycles. The molecule has 3 rings (SSSR count). The van der Waals surface area contributed by atoms with E-state index >= 15 is 0 Å². The van der Waals surface area contributed by atoms with Gasteiger partial charge in [-0.15, -0.1) is 0 Å². The van der Waals surface area contributed by atoms with E-state index in [1.54, 1.807) is 19.2 Å². The maximum absolute atomic E-state index is 11.8. The van der Waals surface area contributed by atoms with E-state index in [4.69, 9.17) is 4.74 Å². The molecule has 0 spiro atoms. The van der Waals surface area contributed by atoms with Gasteiger partial charge in [-0.05, 0) is 30.7 Å². The number of hydrogen-bond donors (Lipinski definition) is 1. The molecule has 2 aromatic carbocycles. The van der Waals surface area contributed by atoms with E-state index in [1.807, 2.05) is 12.1 Å². The monoisotopic (exact) mass is 369 g/mol. The smallest absolute Gasteiger partial charge is 0.411 e. The molecular formula is C21H27N3O3. The molecule has 6 heteroatoms. The predicted molar refractivity (Wildman–Crippen MR) is 108 cm³/mol. The number of anilines is 2. The summed E-state index contributed by atoms with van der Waals surface area (Å²) in [7, 11) is 1.56. The van der Waals surface area contributed by atoms with Crippen LogP contribution in [0.25, 0.3) is 0 Å². The highest BCUT2D eigenvalue weighted by atomic mass is 16.5. The van der Waals surface area contributed by atoms with E-state index in [9.17, 15) is 9.90 Å². The maximum atomic E-state index is 11.8. The Balaban J connectivity index is 1.58. The van der Waals surface area contributed by atoms with Gasteiger partial charge in [0, 0.05) is 45.0 Å². The Morgan fingerprint density at radius 3 is 2.41 bits per heavy atom. The highest BCUT2D eigenvalue weighted by Crippen LogP contribution is 2.27. The van der Waals surface area contributed by atoms with Gasteiger partial charge in [-0.3, -0.25) is 9.80 Å². The first kappa shape index (κ1) is 19.0. The highest BCUT2D eigenvalue weighted by molar-refractivity contribution is 5.88. The van der Waals surface area contributed by atoms with Gasteiger partial charge in [-0.2, -0.15) is 0 Å². The summed E-state index contributed by atoms with van der Waals surface area (Å²) in [6.45, 7) is 7.01. The fourth-order valence-corrected chi connectivity index (χ4v) is 3.54. The Hall–Kier alpha value is -2.73. The van der Waals surface area contributed by atoms with Crippen LogP contribution in [0.1, 0.15) is 5.56 Å². The Morgan fingerprint density at radius 2 is 1.74 bits per heavy atom. The lowest BCUT2D eigenvalue weighted by Gasteiger charge is -2.37. The van der Waals surface area contributed by atoms with Crippen molar-refractivity contribution in [3.05, 3.63) is 54.1 Å². The minimum absolute atomic E-state index is 0.417. The SMILES string of the molecule is COc1ccccc1N(CCN1CCN(c2ccccc2C)CC1)C(=O)O. The van der Waals surface area contributed by atoms with E-state index < -0.39 is 6.09 Å². The number of nitrogens with zero attached hydrogens (tertiary/aromatic N) is 3. The molecular weight excluding hydrogens is 342 g/mol.